The van der Waals surface area contributed by atoms with Gasteiger partial charge in [0, 0.05) is 24.1 Å². The molecule has 0 fully saturated rings. The number of hydrogen-bond donors (Lipinski definition) is 1. The summed E-state index contributed by atoms with van der Waals surface area (Å²) in [5.74, 6) is 0.516. The van der Waals surface area contributed by atoms with Crippen molar-refractivity contribution in [1.29, 1.82) is 0 Å². The maximum Gasteiger partial charge on any atom is 0.238 e. The third-order valence-electron chi connectivity index (χ3n) is 6.00. The van der Waals surface area contributed by atoms with Gasteiger partial charge in [0.25, 0.3) is 0 Å². The molecule has 36 heavy (non-hydrogen) atoms. The van der Waals surface area contributed by atoms with E-state index in [-0.39, 0.29) is 5.91 Å². The molecule has 0 saturated carbocycles. The van der Waals surface area contributed by atoms with Gasteiger partial charge in [0.05, 0.1) is 24.6 Å². The number of hydrogen-bond acceptors (Lipinski definition) is 5. The number of nitrogens with one attached hydrogen (secondary N) is 1. The molecule has 1 amide bonds. The Bertz CT molecular complexity index is 1380. The highest BCUT2D eigenvalue weighted by atomic mass is 16.5. The molecular weight excluding hydrogens is 450 g/mol. The third-order valence-corrected chi connectivity index (χ3v) is 6.00. The first-order valence-corrected chi connectivity index (χ1v) is 12.1. The minimum Gasteiger partial charge on any atom is -0.490 e. The van der Waals surface area contributed by atoms with Crippen LogP contribution in [0.3, 0.4) is 0 Å². The first-order valence-electron chi connectivity index (χ1n) is 12.1. The Morgan fingerprint density at radius 1 is 0.889 bits per heavy atom. The molecule has 1 aliphatic heterocycles. The first kappa shape index (κ1) is 23.3. The van der Waals surface area contributed by atoms with Gasteiger partial charge in [-0.15, -0.1) is 0 Å². The smallest absolute Gasteiger partial charge is 0.238 e. The molecule has 2 heterocycles. The predicted molar refractivity (Wildman–Crippen MR) is 142 cm³/mol. The molecule has 1 aliphatic rings. The Morgan fingerprint density at radius 2 is 1.61 bits per heavy atom. The fourth-order valence-electron chi connectivity index (χ4n) is 4.38. The summed E-state index contributed by atoms with van der Waals surface area (Å²) in [4.78, 5) is 22.5. The standard InChI is InChI=1S/C30H27N3O3/c1-3-35-26-17-24-25(18-27(26)36-4-2)33-30(34)28(24)29(21-9-6-5-7-10-21)32-23-14-12-20(13-15-23)22-11-8-16-31-19-22/h5-19,28H,3-4H2,1-2H3,(H,33,34). The van der Waals surface area contributed by atoms with Crippen LogP contribution in [0.5, 0.6) is 11.5 Å². The Hall–Kier alpha value is -4.45. The van der Waals surface area contributed by atoms with Crippen LogP contribution < -0.4 is 14.8 Å². The number of pyridine rings is 1. The van der Waals surface area contributed by atoms with Crippen molar-refractivity contribution in [2.24, 2.45) is 4.99 Å². The van der Waals surface area contributed by atoms with Crippen molar-refractivity contribution in [3.8, 4) is 22.6 Å². The van der Waals surface area contributed by atoms with Gasteiger partial charge < -0.3 is 14.8 Å². The highest BCUT2D eigenvalue weighted by molar-refractivity contribution is 6.24. The number of ether oxygens (including phenoxy) is 2. The molecule has 1 atom stereocenters. The van der Waals surface area contributed by atoms with Gasteiger partial charge >= 0.3 is 0 Å². The number of carbonyl (C=O) groups excluding carboxylic acids is 1. The number of carbonyl (C=O) groups is 1. The summed E-state index contributed by atoms with van der Waals surface area (Å²) in [5, 5.41) is 3.02. The molecule has 1 N–H and O–H groups in total. The largest absolute Gasteiger partial charge is 0.490 e. The normalized spacial score (nSPS) is 14.8. The summed E-state index contributed by atoms with van der Waals surface area (Å²) in [6.07, 6.45) is 3.59. The fraction of sp³-hybridized carbons (Fsp3) is 0.167. The van der Waals surface area contributed by atoms with Gasteiger partial charge in [-0.05, 0) is 60.4 Å². The number of amides is 1. The van der Waals surface area contributed by atoms with Crippen LogP contribution in [-0.4, -0.2) is 29.8 Å². The van der Waals surface area contributed by atoms with E-state index < -0.39 is 5.92 Å². The lowest BCUT2D eigenvalue weighted by molar-refractivity contribution is -0.115. The molecule has 0 saturated heterocycles. The molecule has 0 aliphatic carbocycles. The topological polar surface area (TPSA) is 72.8 Å². The number of anilines is 1. The summed E-state index contributed by atoms with van der Waals surface area (Å²) in [6.45, 7) is 4.84. The number of fused-ring (bicyclic) bond motifs is 1. The molecule has 6 heteroatoms. The monoisotopic (exact) mass is 477 g/mol. The number of rotatable bonds is 8. The number of nitrogens with zero attached hydrogens (tertiary/aromatic N) is 2. The van der Waals surface area contributed by atoms with Crippen molar-refractivity contribution >= 4 is 23.0 Å². The molecular formula is C30H27N3O3. The van der Waals surface area contributed by atoms with Crippen molar-refractivity contribution in [2.75, 3.05) is 18.5 Å². The summed E-state index contributed by atoms with van der Waals surface area (Å²) in [7, 11) is 0. The average Bonchev–Trinajstić information content (AvgIpc) is 3.23. The van der Waals surface area contributed by atoms with E-state index in [2.05, 4.69) is 10.3 Å². The molecule has 1 aromatic heterocycles. The van der Waals surface area contributed by atoms with E-state index in [1.165, 1.54) is 0 Å². The van der Waals surface area contributed by atoms with Crippen molar-refractivity contribution in [3.63, 3.8) is 0 Å². The Morgan fingerprint density at radius 3 is 2.28 bits per heavy atom. The lowest BCUT2D eigenvalue weighted by Gasteiger charge is -2.16. The Labute approximate surface area is 210 Å². The molecule has 0 radical (unpaired) electrons. The van der Waals surface area contributed by atoms with Gasteiger partial charge in [-0.1, -0.05) is 48.5 Å². The quantitative estimate of drug-likeness (QED) is 0.298. The van der Waals surface area contributed by atoms with E-state index in [4.69, 9.17) is 14.5 Å². The first-order chi connectivity index (χ1) is 17.7. The second-order valence-corrected chi connectivity index (χ2v) is 8.33. The molecule has 6 nitrogen and oxygen atoms in total. The van der Waals surface area contributed by atoms with Gasteiger partial charge in [0.15, 0.2) is 11.5 Å². The van der Waals surface area contributed by atoms with Gasteiger partial charge in [0.1, 0.15) is 5.92 Å². The van der Waals surface area contributed by atoms with Crippen molar-refractivity contribution < 1.29 is 14.3 Å². The van der Waals surface area contributed by atoms with Crippen LogP contribution >= 0.6 is 0 Å². The lowest BCUT2D eigenvalue weighted by Crippen LogP contribution is -2.22. The zero-order chi connectivity index (χ0) is 24.9. The third kappa shape index (κ3) is 4.70. The summed E-state index contributed by atoms with van der Waals surface area (Å²) < 4.78 is 11.6. The SMILES string of the molecule is CCOc1cc2c(cc1OCC)C(C(=Nc1ccc(-c3cccnc3)cc1)c1ccccc1)C(=O)N2. The van der Waals surface area contributed by atoms with Crippen LogP contribution in [0.2, 0.25) is 0 Å². The average molecular weight is 478 g/mol. The zero-order valence-corrected chi connectivity index (χ0v) is 20.3. The van der Waals surface area contributed by atoms with Gasteiger partial charge in [-0.3, -0.25) is 14.8 Å². The van der Waals surface area contributed by atoms with Crippen molar-refractivity contribution in [3.05, 3.63) is 102 Å². The lowest BCUT2D eigenvalue weighted by atomic mass is 9.90. The van der Waals surface area contributed by atoms with E-state index >= 15 is 0 Å². The highest BCUT2D eigenvalue weighted by Gasteiger charge is 2.36. The summed E-state index contributed by atoms with van der Waals surface area (Å²) in [5.41, 5.74) is 5.94. The Kier molecular flexibility index (Phi) is 6.76. The van der Waals surface area contributed by atoms with Crippen LogP contribution in [-0.2, 0) is 4.79 Å². The van der Waals surface area contributed by atoms with E-state index in [0.717, 1.165) is 27.9 Å². The van der Waals surface area contributed by atoms with Crippen LogP contribution in [0.1, 0.15) is 30.9 Å². The fourth-order valence-corrected chi connectivity index (χ4v) is 4.38. The number of aliphatic imine (C=N–C) groups is 1. The van der Waals surface area contributed by atoms with E-state index in [1.54, 1.807) is 6.20 Å². The van der Waals surface area contributed by atoms with Crippen LogP contribution in [0.4, 0.5) is 11.4 Å². The molecule has 3 aromatic carbocycles. The van der Waals surface area contributed by atoms with Crippen LogP contribution in [0, 0.1) is 0 Å². The van der Waals surface area contributed by atoms with Gasteiger partial charge in [-0.2, -0.15) is 0 Å². The molecule has 1 unspecified atom stereocenters. The van der Waals surface area contributed by atoms with Gasteiger partial charge in [0.2, 0.25) is 5.91 Å². The highest BCUT2D eigenvalue weighted by Crippen LogP contribution is 2.43. The molecule has 4 aromatic rings. The predicted octanol–water partition coefficient (Wildman–Crippen LogP) is 6.40. The van der Waals surface area contributed by atoms with E-state index in [1.807, 2.05) is 98.9 Å². The zero-order valence-electron chi connectivity index (χ0n) is 20.3. The molecule has 180 valence electrons. The molecule has 5 rings (SSSR count). The van der Waals surface area contributed by atoms with Crippen molar-refractivity contribution in [2.45, 2.75) is 19.8 Å². The maximum absolute atomic E-state index is 13.3. The second-order valence-electron chi connectivity index (χ2n) is 8.33. The van der Waals surface area contributed by atoms with Crippen LogP contribution in [0.25, 0.3) is 11.1 Å². The Balaban J connectivity index is 1.59. The summed E-state index contributed by atoms with van der Waals surface area (Å²) >= 11 is 0. The van der Waals surface area contributed by atoms with E-state index in [0.29, 0.717) is 36.1 Å². The minimum atomic E-state index is -0.588. The van der Waals surface area contributed by atoms with Gasteiger partial charge in [-0.25, -0.2) is 0 Å². The number of aromatic nitrogens is 1. The van der Waals surface area contributed by atoms with E-state index in [9.17, 15) is 4.79 Å². The van der Waals surface area contributed by atoms with Crippen molar-refractivity contribution in [1.82, 2.24) is 4.98 Å². The second kappa shape index (κ2) is 10.4. The molecule has 0 bridgehead atoms. The maximum atomic E-state index is 13.3. The number of benzene rings is 3. The minimum absolute atomic E-state index is 0.129. The summed E-state index contributed by atoms with van der Waals surface area (Å²) in [6, 6.07) is 25.4. The van der Waals surface area contributed by atoms with Crippen LogP contribution in [0.15, 0.2) is 96.2 Å². The molecule has 0 spiro atoms.